The van der Waals surface area contributed by atoms with Gasteiger partial charge in [0.2, 0.25) is 0 Å². The van der Waals surface area contributed by atoms with Gasteiger partial charge in [0.15, 0.2) is 0 Å². The van der Waals surface area contributed by atoms with Crippen LogP contribution in [0.5, 0.6) is 0 Å². The Morgan fingerprint density at radius 3 is 2.64 bits per heavy atom. The van der Waals surface area contributed by atoms with Crippen LogP contribution in [0.3, 0.4) is 0 Å². The number of hydrogen-bond acceptors (Lipinski definition) is 1. The van der Waals surface area contributed by atoms with Crippen molar-refractivity contribution in [1.29, 1.82) is 0 Å². The van der Waals surface area contributed by atoms with Crippen LogP contribution in [0.15, 0.2) is 24.3 Å². The first-order valence-corrected chi connectivity index (χ1v) is 4.41. The van der Waals surface area contributed by atoms with E-state index >= 15 is 0 Å². The first-order valence-electron chi connectivity index (χ1n) is 4.41. The van der Waals surface area contributed by atoms with Crippen molar-refractivity contribution in [2.45, 2.75) is 12.5 Å². The van der Waals surface area contributed by atoms with Crippen LogP contribution in [0.1, 0.15) is 6.42 Å². The van der Waals surface area contributed by atoms with Gasteiger partial charge < -0.3 is 5.11 Å². The number of allylic oxidation sites excluding steroid dienone is 3. The molecule has 1 heteroatoms. The van der Waals surface area contributed by atoms with Crippen LogP contribution in [0, 0.1) is 23.7 Å². The van der Waals surface area contributed by atoms with Crippen LogP contribution < -0.4 is 0 Å². The molecule has 5 atom stereocenters. The molecule has 11 heavy (non-hydrogen) atoms. The van der Waals surface area contributed by atoms with Gasteiger partial charge in [0, 0.05) is 5.92 Å². The Balaban J connectivity index is 2.02. The maximum absolute atomic E-state index is 9.60. The first kappa shape index (κ1) is 6.01. The summed E-state index contributed by atoms with van der Waals surface area (Å²) in [7, 11) is 0. The summed E-state index contributed by atoms with van der Waals surface area (Å²) >= 11 is 0. The van der Waals surface area contributed by atoms with E-state index in [2.05, 4.69) is 18.2 Å². The van der Waals surface area contributed by atoms with E-state index in [0.29, 0.717) is 17.8 Å². The van der Waals surface area contributed by atoms with Gasteiger partial charge >= 0.3 is 0 Å². The highest BCUT2D eigenvalue weighted by Crippen LogP contribution is 2.52. The molecule has 0 aromatic carbocycles. The Morgan fingerprint density at radius 1 is 1.00 bits per heavy atom. The van der Waals surface area contributed by atoms with Crippen molar-refractivity contribution >= 4 is 0 Å². The van der Waals surface area contributed by atoms with E-state index in [1.165, 1.54) is 6.42 Å². The third kappa shape index (κ3) is 0.603. The van der Waals surface area contributed by atoms with E-state index in [4.69, 9.17) is 0 Å². The van der Waals surface area contributed by atoms with Crippen LogP contribution >= 0.6 is 0 Å². The van der Waals surface area contributed by atoms with E-state index in [0.717, 1.165) is 5.92 Å². The predicted molar refractivity (Wildman–Crippen MR) is 42.9 cm³/mol. The Hall–Kier alpha value is -0.560. The van der Waals surface area contributed by atoms with Gasteiger partial charge in [-0.15, -0.1) is 0 Å². The quantitative estimate of drug-likeness (QED) is 0.514. The molecule has 0 aliphatic heterocycles. The molecule has 3 rings (SSSR count). The number of aliphatic hydroxyl groups excluding tert-OH is 1. The molecule has 1 nitrogen and oxygen atoms in total. The predicted octanol–water partition coefficient (Wildman–Crippen LogP) is 1.36. The lowest BCUT2D eigenvalue weighted by atomic mass is 9.84. The zero-order valence-electron chi connectivity index (χ0n) is 6.35. The highest BCUT2D eigenvalue weighted by molar-refractivity contribution is 5.24. The molecule has 3 aliphatic carbocycles. The molecular weight excluding hydrogens is 136 g/mol. The highest BCUT2D eigenvalue weighted by atomic mass is 16.3. The second kappa shape index (κ2) is 1.78. The average Bonchev–Trinajstić information content (AvgIpc) is 2.60. The van der Waals surface area contributed by atoms with Crippen LogP contribution in [0.2, 0.25) is 0 Å². The van der Waals surface area contributed by atoms with Crippen molar-refractivity contribution in [3.63, 3.8) is 0 Å². The minimum atomic E-state index is -0.153. The molecule has 2 bridgehead atoms. The molecule has 0 heterocycles. The summed E-state index contributed by atoms with van der Waals surface area (Å²) < 4.78 is 0. The Bertz CT molecular complexity index is 241. The average molecular weight is 148 g/mol. The van der Waals surface area contributed by atoms with Crippen LogP contribution in [0.25, 0.3) is 0 Å². The van der Waals surface area contributed by atoms with Gasteiger partial charge in [-0.2, -0.15) is 0 Å². The molecule has 0 aromatic heterocycles. The summed E-state index contributed by atoms with van der Waals surface area (Å²) in [6.45, 7) is 0. The normalized spacial score (nSPS) is 57.4. The molecule has 1 N–H and O–H groups in total. The topological polar surface area (TPSA) is 20.2 Å². The monoisotopic (exact) mass is 148 g/mol. The standard InChI is InChI=1S/C10H12O/c11-9-4-3-8-6-1-2-7(5-6)10(8)9/h1-4,6-11H,5H2/t6-,7-,8-,9-,10+/m1/s1. The molecular formula is C10H12O. The van der Waals surface area contributed by atoms with Crippen molar-refractivity contribution in [3.8, 4) is 0 Å². The first-order chi connectivity index (χ1) is 5.36. The van der Waals surface area contributed by atoms with Crippen LogP contribution in [-0.4, -0.2) is 11.2 Å². The second-order valence-corrected chi connectivity index (χ2v) is 3.98. The smallest absolute Gasteiger partial charge is 0.0760 e. The third-order valence-corrected chi connectivity index (χ3v) is 3.51. The van der Waals surface area contributed by atoms with E-state index in [1.807, 2.05) is 6.08 Å². The van der Waals surface area contributed by atoms with E-state index in [1.54, 1.807) is 0 Å². The van der Waals surface area contributed by atoms with Gasteiger partial charge in [-0.05, 0) is 24.2 Å². The summed E-state index contributed by atoms with van der Waals surface area (Å²) in [6, 6.07) is 0. The fourth-order valence-electron chi connectivity index (χ4n) is 3.02. The van der Waals surface area contributed by atoms with Gasteiger partial charge in [0.05, 0.1) is 6.10 Å². The lowest BCUT2D eigenvalue weighted by Gasteiger charge is -2.22. The number of hydrogen-bond donors (Lipinski definition) is 1. The molecule has 0 radical (unpaired) electrons. The van der Waals surface area contributed by atoms with Crippen molar-refractivity contribution in [1.82, 2.24) is 0 Å². The Labute approximate surface area is 66.4 Å². The molecule has 58 valence electrons. The highest BCUT2D eigenvalue weighted by Gasteiger charge is 2.48. The van der Waals surface area contributed by atoms with E-state index in [-0.39, 0.29) is 6.10 Å². The van der Waals surface area contributed by atoms with Crippen LogP contribution in [0.4, 0.5) is 0 Å². The minimum Gasteiger partial charge on any atom is -0.389 e. The molecule has 1 fully saturated rings. The van der Waals surface area contributed by atoms with E-state index < -0.39 is 0 Å². The molecule has 0 unspecified atom stereocenters. The number of aliphatic hydroxyl groups is 1. The lowest BCUT2D eigenvalue weighted by Crippen LogP contribution is -2.23. The second-order valence-electron chi connectivity index (χ2n) is 3.98. The van der Waals surface area contributed by atoms with Gasteiger partial charge in [0.1, 0.15) is 0 Å². The molecule has 0 saturated heterocycles. The Morgan fingerprint density at radius 2 is 1.82 bits per heavy atom. The zero-order valence-corrected chi connectivity index (χ0v) is 6.35. The fraction of sp³-hybridized carbons (Fsp3) is 0.600. The summed E-state index contributed by atoms with van der Waals surface area (Å²) in [4.78, 5) is 0. The summed E-state index contributed by atoms with van der Waals surface area (Å²) in [6.07, 6.45) is 9.94. The van der Waals surface area contributed by atoms with Crippen LogP contribution in [-0.2, 0) is 0 Å². The van der Waals surface area contributed by atoms with Crippen molar-refractivity contribution in [2.75, 3.05) is 0 Å². The summed E-state index contributed by atoms with van der Waals surface area (Å²) in [5.74, 6) is 2.62. The largest absolute Gasteiger partial charge is 0.389 e. The maximum Gasteiger partial charge on any atom is 0.0760 e. The van der Waals surface area contributed by atoms with Gasteiger partial charge in [-0.25, -0.2) is 0 Å². The molecule has 3 aliphatic rings. The minimum absolute atomic E-state index is 0.153. The van der Waals surface area contributed by atoms with Gasteiger partial charge in [0.25, 0.3) is 0 Å². The molecule has 0 amide bonds. The summed E-state index contributed by atoms with van der Waals surface area (Å²) in [5, 5.41) is 9.60. The maximum atomic E-state index is 9.60. The van der Waals surface area contributed by atoms with Crippen molar-refractivity contribution in [3.05, 3.63) is 24.3 Å². The fourth-order valence-corrected chi connectivity index (χ4v) is 3.02. The van der Waals surface area contributed by atoms with Crippen molar-refractivity contribution in [2.24, 2.45) is 23.7 Å². The van der Waals surface area contributed by atoms with Gasteiger partial charge in [-0.1, -0.05) is 24.3 Å². The lowest BCUT2D eigenvalue weighted by molar-refractivity contribution is 0.132. The van der Waals surface area contributed by atoms with Crippen molar-refractivity contribution < 1.29 is 5.11 Å². The Kier molecular flexibility index (Phi) is 0.972. The van der Waals surface area contributed by atoms with E-state index in [9.17, 15) is 5.11 Å². The number of fused-ring (bicyclic) bond motifs is 5. The molecule has 0 spiro atoms. The summed E-state index contributed by atoms with van der Waals surface area (Å²) in [5.41, 5.74) is 0. The molecule has 0 aromatic rings. The number of rotatable bonds is 0. The zero-order chi connectivity index (χ0) is 7.42. The third-order valence-electron chi connectivity index (χ3n) is 3.51. The SMILES string of the molecule is O[C@@H]1C=C[C@H]2[C@@H]1[C@@H]1C=C[C@@H]2C1. The molecule has 1 saturated carbocycles. The van der Waals surface area contributed by atoms with Gasteiger partial charge in [-0.3, -0.25) is 0 Å².